The number of thiol groups is 2. The van der Waals surface area contributed by atoms with Crippen molar-refractivity contribution in [3.63, 3.8) is 0 Å². The third-order valence-corrected chi connectivity index (χ3v) is 11.4. The van der Waals surface area contributed by atoms with E-state index in [-0.39, 0.29) is 82.0 Å². The number of carboxylic acids is 2. The molecule has 4 aromatic rings. The predicted octanol–water partition coefficient (Wildman–Crippen LogP) is -3.64. The van der Waals surface area contributed by atoms with E-state index in [1.807, 2.05) is 19.6 Å². The number of carboxylic acid groups (broad SMARTS) is 2. The van der Waals surface area contributed by atoms with Gasteiger partial charge in [-0.15, -0.1) is 25.3 Å². The first-order valence-electron chi connectivity index (χ1n) is 17.4. The van der Waals surface area contributed by atoms with Crippen LogP contribution in [0.1, 0.15) is 58.5 Å². The molecule has 2 aliphatic carbocycles. The molecule has 20 heteroatoms. The van der Waals surface area contributed by atoms with Crippen molar-refractivity contribution in [3.8, 4) is 0 Å². The van der Waals surface area contributed by atoms with Gasteiger partial charge in [0.2, 0.25) is 0 Å². The van der Waals surface area contributed by atoms with Crippen molar-refractivity contribution in [2.24, 2.45) is 0 Å². The molecular formula is C36H34F2N6Na2O6S4. The molecule has 2 saturated carbocycles. The molecule has 4 aliphatic rings. The topological polar surface area (TPSA) is 137 Å². The van der Waals surface area contributed by atoms with Gasteiger partial charge in [-0.25, -0.2) is 8.78 Å². The Labute approximate surface area is 386 Å². The van der Waals surface area contributed by atoms with E-state index in [1.54, 1.807) is 21.3 Å². The maximum Gasteiger partial charge on any atom is 1.00 e. The number of carbonyl (C=O) groups excluding carboxylic acids is 2. The van der Waals surface area contributed by atoms with Gasteiger partial charge in [0.1, 0.15) is 20.3 Å². The summed E-state index contributed by atoms with van der Waals surface area (Å²) in [6.07, 6.45) is 6.25. The van der Waals surface area contributed by atoms with Crippen molar-refractivity contribution in [1.29, 1.82) is 0 Å². The van der Waals surface area contributed by atoms with Gasteiger partial charge in [0, 0.05) is 87.6 Å². The van der Waals surface area contributed by atoms with Gasteiger partial charge in [-0.1, -0.05) is 24.4 Å². The van der Waals surface area contributed by atoms with Crippen LogP contribution in [-0.4, -0.2) is 91.9 Å². The molecule has 8 rings (SSSR count). The summed E-state index contributed by atoms with van der Waals surface area (Å²) >= 11 is 18.5. The number of aromatic nitrogens is 2. The van der Waals surface area contributed by atoms with E-state index in [2.05, 4.69) is 25.3 Å². The summed E-state index contributed by atoms with van der Waals surface area (Å²) in [4.78, 5) is 55.3. The Morgan fingerprint density at radius 1 is 0.607 bits per heavy atom. The van der Waals surface area contributed by atoms with Crippen LogP contribution in [-0.2, 0) is 0 Å². The predicted molar refractivity (Wildman–Crippen MR) is 212 cm³/mol. The Kier molecular flexibility index (Phi) is 14.7. The first-order valence-corrected chi connectivity index (χ1v) is 19.1. The number of aromatic carboxylic acids is 2. The average molecular weight is 859 g/mol. The van der Waals surface area contributed by atoms with Crippen LogP contribution in [0.15, 0.2) is 46.2 Å². The number of pyridine rings is 2. The summed E-state index contributed by atoms with van der Waals surface area (Å²) in [5, 5.41) is 22.7. The molecule has 284 valence electrons. The molecule has 2 aromatic heterocycles. The zero-order valence-corrected chi connectivity index (χ0v) is 38.1. The fraction of sp³-hybridized carbons (Fsp3) is 0.389. The van der Waals surface area contributed by atoms with Gasteiger partial charge in [-0.2, -0.15) is 0 Å². The SMILES string of the molecule is O=C([O-])c1cn(C2CC2)c2cc(N3CCN(C(=S)S)CC3)c(F)cc2c1=O.O=C([O-])c1cn(C2CC2)c2cc(N3CCN(C(=S)S)CC3)c(F)cc2c1=O.[Na+].[Na+]. The number of halogens is 2. The second-order valence-corrected chi connectivity index (χ2v) is 16.0. The van der Waals surface area contributed by atoms with Crippen LogP contribution in [0.2, 0.25) is 0 Å². The van der Waals surface area contributed by atoms with E-state index in [4.69, 9.17) is 24.4 Å². The van der Waals surface area contributed by atoms with Crippen molar-refractivity contribution in [2.75, 3.05) is 62.2 Å². The molecule has 0 amide bonds. The Hall–Kier alpha value is -2.26. The largest absolute Gasteiger partial charge is 1.00 e. The molecule has 0 spiro atoms. The number of nitrogens with zero attached hydrogens (tertiary/aromatic N) is 6. The van der Waals surface area contributed by atoms with Gasteiger partial charge in [0.25, 0.3) is 0 Å². The van der Waals surface area contributed by atoms with E-state index >= 15 is 0 Å². The smallest absolute Gasteiger partial charge is 0.545 e. The van der Waals surface area contributed by atoms with Crippen molar-refractivity contribution in [2.45, 2.75) is 37.8 Å². The second-order valence-electron chi connectivity index (χ2n) is 13.8. The Morgan fingerprint density at radius 3 is 1.20 bits per heavy atom. The first kappa shape index (κ1) is 44.8. The van der Waals surface area contributed by atoms with Crippen molar-refractivity contribution in [3.05, 3.63) is 79.9 Å². The average Bonchev–Trinajstić information content (AvgIpc) is 4.07. The van der Waals surface area contributed by atoms with Gasteiger partial charge in [-0.05, 0) is 49.9 Å². The molecule has 0 bridgehead atoms. The van der Waals surface area contributed by atoms with E-state index in [0.29, 0.717) is 83.4 Å². The monoisotopic (exact) mass is 858 g/mol. The molecule has 2 saturated heterocycles. The zero-order valence-electron chi connectivity index (χ0n) is 30.7. The van der Waals surface area contributed by atoms with Crippen LogP contribution in [0.3, 0.4) is 0 Å². The van der Waals surface area contributed by atoms with Gasteiger partial charge >= 0.3 is 59.1 Å². The molecule has 0 radical (unpaired) electrons. The zero-order chi connectivity index (χ0) is 38.6. The molecule has 4 fully saturated rings. The standard InChI is InChI=1S/2C18H18FN3O3S2.2Na/c2*19-13-7-11-14(8-15(13)20-3-5-21(6-4-20)18(26)27)22(10-1-2-10)9-12(16(11)23)17(24)25;;/h2*7-10H,1-6H2,(H,24,25)(H,26,27);;/q;;2*+1/p-2. The number of rotatable bonds is 6. The minimum absolute atomic E-state index is 0. The third kappa shape index (κ3) is 9.29. The summed E-state index contributed by atoms with van der Waals surface area (Å²) in [5.74, 6) is -4.17. The first-order chi connectivity index (χ1) is 25.7. The molecule has 0 unspecified atom stereocenters. The number of carbonyl (C=O) groups is 2. The van der Waals surface area contributed by atoms with Crippen LogP contribution >= 0.6 is 49.7 Å². The van der Waals surface area contributed by atoms with E-state index in [0.717, 1.165) is 37.8 Å². The van der Waals surface area contributed by atoms with Crippen molar-refractivity contribution < 1.29 is 87.7 Å². The van der Waals surface area contributed by atoms with Crippen molar-refractivity contribution in [1.82, 2.24) is 18.9 Å². The number of anilines is 2. The third-order valence-electron chi connectivity index (χ3n) is 10.3. The number of hydrogen-bond acceptors (Lipinski definition) is 10. The molecule has 4 heterocycles. The quantitative estimate of drug-likeness (QED) is 0.113. The Balaban J connectivity index is 0.000000207. The normalized spacial score (nSPS) is 16.8. The summed E-state index contributed by atoms with van der Waals surface area (Å²) in [6, 6.07) is 5.85. The summed E-state index contributed by atoms with van der Waals surface area (Å²) in [5.41, 5.74) is -0.373. The second kappa shape index (κ2) is 18.3. The molecular weight excluding hydrogens is 825 g/mol. The Morgan fingerprint density at radius 2 is 0.929 bits per heavy atom. The maximum absolute atomic E-state index is 14.8. The summed E-state index contributed by atoms with van der Waals surface area (Å²) < 4.78 is 34.2. The number of hydrogen-bond donors (Lipinski definition) is 2. The van der Waals surface area contributed by atoms with Crippen LogP contribution in [0, 0.1) is 11.6 Å². The summed E-state index contributed by atoms with van der Waals surface area (Å²) in [6.45, 7) is 4.86. The van der Waals surface area contributed by atoms with Gasteiger partial charge in [0.05, 0.1) is 45.5 Å². The van der Waals surface area contributed by atoms with Crippen LogP contribution in [0.25, 0.3) is 21.8 Å². The van der Waals surface area contributed by atoms with E-state index in [9.17, 15) is 38.2 Å². The van der Waals surface area contributed by atoms with Gasteiger partial charge < -0.3 is 48.5 Å². The van der Waals surface area contributed by atoms with Crippen molar-refractivity contribution >= 4 is 103 Å². The fourth-order valence-corrected chi connectivity index (χ4v) is 7.84. The molecule has 56 heavy (non-hydrogen) atoms. The van der Waals surface area contributed by atoms with Crippen LogP contribution < -0.4 is 90.0 Å². The van der Waals surface area contributed by atoms with Gasteiger partial charge in [0.15, 0.2) is 10.9 Å². The minimum atomic E-state index is -1.54. The molecule has 12 nitrogen and oxygen atoms in total. The number of fused-ring (bicyclic) bond motifs is 2. The maximum atomic E-state index is 14.8. The minimum Gasteiger partial charge on any atom is -0.545 e. The molecule has 0 N–H and O–H groups in total. The fourth-order valence-electron chi connectivity index (χ4n) is 7.08. The molecule has 2 aromatic carbocycles. The van der Waals surface area contributed by atoms with Crippen LogP contribution in [0.5, 0.6) is 0 Å². The van der Waals surface area contributed by atoms with Crippen LogP contribution in [0.4, 0.5) is 20.2 Å². The van der Waals surface area contributed by atoms with E-state index in [1.165, 1.54) is 12.4 Å². The van der Waals surface area contributed by atoms with Gasteiger partial charge in [-0.3, -0.25) is 9.59 Å². The number of thiocarbonyl (C=S) groups is 2. The van der Waals surface area contributed by atoms with E-state index < -0.39 is 45.6 Å². The number of piperazine rings is 2. The summed E-state index contributed by atoms with van der Waals surface area (Å²) in [7, 11) is 0. The Bertz CT molecular complexity index is 2200. The molecule has 0 atom stereocenters. The number of benzene rings is 2. The molecule has 2 aliphatic heterocycles.